The molecule has 0 spiro atoms. The first-order chi connectivity index (χ1) is 12.6. The molecule has 1 saturated heterocycles. The number of amides is 3. The zero-order valence-corrected chi connectivity index (χ0v) is 15.0. The Balaban J connectivity index is 1.84. The van der Waals surface area contributed by atoms with Crippen LogP contribution in [-0.2, 0) is 10.3 Å². The molecule has 1 unspecified atom stereocenters. The van der Waals surface area contributed by atoms with Gasteiger partial charge in [-0.2, -0.15) is 0 Å². The molecule has 1 aromatic carbocycles. The molecule has 2 N–H and O–H groups in total. The van der Waals surface area contributed by atoms with Crippen LogP contribution in [0.15, 0.2) is 30.3 Å². The van der Waals surface area contributed by atoms with Crippen molar-refractivity contribution in [3.8, 4) is 0 Å². The number of nitrogens with zero attached hydrogens (tertiary/aromatic N) is 2. The number of ketones is 1. The van der Waals surface area contributed by atoms with E-state index in [0.29, 0.717) is 16.8 Å². The van der Waals surface area contributed by atoms with Crippen molar-refractivity contribution >= 4 is 23.4 Å². The van der Waals surface area contributed by atoms with Crippen molar-refractivity contribution in [2.75, 3.05) is 6.54 Å². The van der Waals surface area contributed by atoms with E-state index in [4.69, 9.17) is 0 Å². The molecule has 27 heavy (non-hydrogen) atoms. The Morgan fingerprint density at radius 2 is 1.85 bits per heavy atom. The maximum absolute atomic E-state index is 12.9. The van der Waals surface area contributed by atoms with Crippen LogP contribution in [0.3, 0.4) is 0 Å². The summed E-state index contributed by atoms with van der Waals surface area (Å²) in [5.74, 6) is -0.937. The SMILES string of the molecule is Cc1cc(C(=O)CN2C(=O)NC(C)(c3ccc([N+](=O)[O-])cc3)C2=O)c(C)[nH]1. The highest BCUT2D eigenvalue weighted by atomic mass is 16.6. The molecule has 0 saturated carbocycles. The second-order valence-corrected chi connectivity index (χ2v) is 6.66. The number of nitro benzene ring substituents is 1. The summed E-state index contributed by atoms with van der Waals surface area (Å²) in [5.41, 5.74) is 0.790. The van der Waals surface area contributed by atoms with Crippen LogP contribution in [0, 0.1) is 24.0 Å². The average Bonchev–Trinajstić information content (AvgIpc) is 3.06. The molecule has 1 aromatic heterocycles. The summed E-state index contributed by atoms with van der Waals surface area (Å²) in [6.45, 7) is 4.67. The zero-order valence-electron chi connectivity index (χ0n) is 15.0. The van der Waals surface area contributed by atoms with Crippen molar-refractivity contribution < 1.29 is 19.3 Å². The third-order valence-electron chi connectivity index (χ3n) is 4.68. The molecule has 9 nitrogen and oxygen atoms in total. The van der Waals surface area contributed by atoms with E-state index in [1.807, 2.05) is 6.92 Å². The number of hydrogen-bond acceptors (Lipinski definition) is 5. The molecular weight excluding hydrogens is 352 g/mol. The predicted octanol–water partition coefficient (Wildman–Crippen LogP) is 2.19. The lowest BCUT2D eigenvalue weighted by molar-refractivity contribution is -0.384. The summed E-state index contributed by atoms with van der Waals surface area (Å²) >= 11 is 0. The van der Waals surface area contributed by atoms with Gasteiger partial charge >= 0.3 is 6.03 Å². The zero-order chi connectivity index (χ0) is 19.9. The standard InChI is InChI=1S/C18H18N4O5/c1-10-8-14(11(2)19-10)15(23)9-21-16(24)18(3,20-17(21)25)12-4-6-13(7-5-12)22(26)27/h4-8,19H,9H2,1-3H3,(H,20,25). The Morgan fingerprint density at radius 3 is 2.37 bits per heavy atom. The summed E-state index contributed by atoms with van der Waals surface area (Å²) in [6.07, 6.45) is 0. The minimum Gasteiger partial charge on any atom is -0.362 e. The molecule has 0 radical (unpaired) electrons. The monoisotopic (exact) mass is 370 g/mol. The molecule has 1 aliphatic heterocycles. The van der Waals surface area contributed by atoms with Gasteiger partial charge in [0.1, 0.15) is 5.54 Å². The number of hydrogen-bond donors (Lipinski definition) is 2. The highest BCUT2D eigenvalue weighted by Gasteiger charge is 2.49. The van der Waals surface area contributed by atoms with E-state index in [0.717, 1.165) is 10.6 Å². The van der Waals surface area contributed by atoms with Crippen LogP contribution in [-0.4, -0.2) is 39.1 Å². The quantitative estimate of drug-likeness (QED) is 0.361. The maximum atomic E-state index is 12.9. The number of aryl methyl sites for hydroxylation is 2. The first kappa shape index (κ1) is 18.3. The van der Waals surface area contributed by atoms with E-state index >= 15 is 0 Å². The fourth-order valence-corrected chi connectivity index (χ4v) is 3.20. The molecule has 3 amide bonds. The lowest BCUT2D eigenvalue weighted by Gasteiger charge is -2.22. The molecule has 0 bridgehead atoms. The topological polar surface area (TPSA) is 125 Å². The maximum Gasteiger partial charge on any atom is 0.325 e. The third kappa shape index (κ3) is 3.07. The molecule has 1 atom stereocenters. The van der Waals surface area contributed by atoms with Gasteiger partial charge in [0, 0.05) is 29.1 Å². The fourth-order valence-electron chi connectivity index (χ4n) is 3.20. The molecule has 1 fully saturated rings. The van der Waals surface area contributed by atoms with Crippen molar-refractivity contribution in [3.05, 3.63) is 63.0 Å². The highest BCUT2D eigenvalue weighted by molar-refractivity contribution is 6.11. The lowest BCUT2D eigenvalue weighted by Crippen LogP contribution is -2.41. The van der Waals surface area contributed by atoms with E-state index in [1.165, 1.54) is 31.2 Å². The van der Waals surface area contributed by atoms with Crippen molar-refractivity contribution in [1.82, 2.24) is 15.2 Å². The first-order valence-electron chi connectivity index (χ1n) is 8.22. The highest BCUT2D eigenvalue weighted by Crippen LogP contribution is 2.30. The van der Waals surface area contributed by atoms with Gasteiger partial charge in [-0.1, -0.05) is 0 Å². The fraction of sp³-hybridized carbons (Fsp3) is 0.278. The van der Waals surface area contributed by atoms with Crippen molar-refractivity contribution in [1.29, 1.82) is 0 Å². The van der Waals surface area contributed by atoms with E-state index < -0.39 is 22.4 Å². The number of aromatic nitrogens is 1. The van der Waals surface area contributed by atoms with Gasteiger partial charge in [0.25, 0.3) is 11.6 Å². The number of urea groups is 1. The van der Waals surface area contributed by atoms with Gasteiger partial charge in [-0.15, -0.1) is 0 Å². The van der Waals surface area contributed by atoms with E-state index in [9.17, 15) is 24.5 Å². The van der Waals surface area contributed by atoms with Gasteiger partial charge in [0.15, 0.2) is 5.78 Å². The Morgan fingerprint density at radius 1 is 1.22 bits per heavy atom. The van der Waals surface area contributed by atoms with Crippen LogP contribution in [0.2, 0.25) is 0 Å². The lowest BCUT2D eigenvalue weighted by atomic mass is 9.92. The molecule has 0 aliphatic carbocycles. The Bertz CT molecular complexity index is 963. The van der Waals surface area contributed by atoms with E-state index in [-0.39, 0.29) is 18.0 Å². The number of carbonyl (C=O) groups excluding carboxylic acids is 3. The number of nitro groups is 1. The molecule has 9 heteroatoms. The molecule has 1 aliphatic rings. The summed E-state index contributed by atoms with van der Waals surface area (Å²) in [4.78, 5) is 51.8. The van der Waals surface area contributed by atoms with Gasteiger partial charge in [0.05, 0.1) is 11.5 Å². The number of aromatic amines is 1. The number of rotatable bonds is 5. The Kier molecular flexibility index (Phi) is 4.30. The van der Waals surface area contributed by atoms with Crippen LogP contribution >= 0.6 is 0 Å². The summed E-state index contributed by atoms with van der Waals surface area (Å²) in [5, 5.41) is 13.4. The average molecular weight is 370 g/mol. The summed E-state index contributed by atoms with van der Waals surface area (Å²) < 4.78 is 0. The van der Waals surface area contributed by atoms with Gasteiger partial charge < -0.3 is 10.3 Å². The predicted molar refractivity (Wildman–Crippen MR) is 95.3 cm³/mol. The molecular formula is C18H18N4O5. The second kappa shape index (κ2) is 6.35. The van der Waals surface area contributed by atoms with Crippen LogP contribution < -0.4 is 5.32 Å². The van der Waals surface area contributed by atoms with Gasteiger partial charge in [-0.05, 0) is 44.5 Å². The molecule has 140 valence electrons. The van der Waals surface area contributed by atoms with Crippen molar-refractivity contribution in [2.24, 2.45) is 0 Å². The summed E-state index contributed by atoms with van der Waals surface area (Å²) in [6, 6.07) is 6.35. The summed E-state index contributed by atoms with van der Waals surface area (Å²) in [7, 11) is 0. The van der Waals surface area contributed by atoms with Gasteiger partial charge in [-0.3, -0.25) is 24.6 Å². The van der Waals surface area contributed by atoms with Gasteiger partial charge in [-0.25, -0.2) is 4.79 Å². The number of H-pyrrole nitrogens is 1. The van der Waals surface area contributed by atoms with Crippen LogP contribution in [0.25, 0.3) is 0 Å². The Labute approximate surface area is 154 Å². The molecule has 3 rings (SSSR count). The van der Waals surface area contributed by atoms with Crippen molar-refractivity contribution in [3.63, 3.8) is 0 Å². The van der Waals surface area contributed by atoms with E-state index in [1.54, 1.807) is 13.0 Å². The first-order valence-corrected chi connectivity index (χ1v) is 8.22. The number of nitrogens with one attached hydrogen (secondary N) is 2. The largest absolute Gasteiger partial charge is 0.362 e. The minimum absolute atomic E-state index is 0.121. The number of benzene rings is 1. The number of Topliss-reactive ketones (excluding diaryl/α,β-unsaturated/α-hetero) is 1. The molecule has 2 heterocycles. The molecule has 2 aromatic rings. The van der Waals surface area contributed by atoms with Crippen LogP contribution in [0.1, 0.15) is 34.2 Å². The van der Waals surface area contributed by atoms with Crippen molar-refractivity contribution in [2.45, 2.75) is 26.3 Å². The normalized spacial score (nSPS) is 19.3. The van der Waals surface area contributed by atoms with Crippen LogP contribution in [0.5, 0.6) is 0 Å². The van der Waals surface area contributed by atoms with Crippen LogP contribution in [0.4, 0.5) is 10.5 Å². The minimum atomic E-state index is -1.39. The number of carbonyl (C=O) groups is 3. The number of non-ortho nitro benzene ring substituents is 1. The second-order valence-electron chi connectivity index (χ2n) is 6.66. The third-order valence-corrected chi connectivity index (χ3v) is 4.68. The number of imide groups is 1. The van der Waals surface area contributed by atoms with Gasteiger partial charge in [0.2, 0.25) is 0 Å². The Hall–Kier alpha value is -3.49. The smallest absolute Gasteiger partial charge is 0.325 e. The van der Waals surface area contributed by atoms with E-state index in [2.05, 4.69) is 10.3 Å².